The van der Waals surface area contributed by atoms with E-state index in [4.69, 9.17) is 0 Å². The van der Waals surface area contributed by atoms with E-state index in [0.717, 1.165) is 42.7 Å². The molecule has 1 fully saturated rings. The molecule has 0 saturated heterocycles. The number of hydrogen-bond donors (Lipinski definition) is 2. The van der Waals surface area contributed by atoms with Crippen molar-refractivity contribution in [3.05, 3.63) is 24.2 Å². The molecule has 2 aromatic heterocycles. The average Bonchev–Trinajstić information content (AvgIpc) is 2.81. The lowest BCUT2D eigenvalue weighted by atomic mass is 10.1. The molecule has 21 heavy (non-hydrogen) atoms. The number of aliphatic hydroxyl groups is 1. The Hall–Kier alpha value is -1.62. The van der Waals surface area contributed by atoms with Crippen molar-refractivity contribution in [2.45, 2.75) is 64.0 Å². The minimum atomic E-state index is -0.290. The van der Waals surface area contributed by atoms with Crippen LogP contribution in [0, 0.1) is 0 Å². The molecule has 5 nitrogen and oxygen atoms in total. The van der Waals surface area contributed by atoms with Crippen LogP contribution < -0.4 is 5.32 Å². The van der Waals surface area contributed by atoms with Gasteiger partial charge in [0.25, 0.3) is 0 Å². The number of aromatic nitrogens is 3. The fourth-order valence-corrected chi connectivity index (χ4v) is 2.97. The molecule has 1 saturated carbocycles. The summed E-state index contributed by atoms with van der Waals surface area (Å²) in [6.45, 7) is 4.27. The van der Waals surface area contributed by atoms with Crippen molar-refractivity contribution in [3.8, 4) is 0 Å². The van der Waals surface area contributed by atoms with E-state index in [0.29, 0.717) is 5.92 Å². The first kappa shape index (κ1) is 14.3. The highest BCUT2D eigenvalue weighted by Crippen LogP contribution is 2.24. The minimum absolute atomic E-state index is 0.0867. The molecule has 0 radical (unpaired) electrons. The Kier molecular flexibility index (Phi) is 4.10. The standard InChI is InChI=1S/C16H24N4O/c1-11(2)13-10-14-16(17-8-9-20(14)19-13)18-12-6-4-3-5-7-15(12)21/h8-12,15,21H,3-7H2,1-2H3,(H,17,18). The Balaban J connectivity index is 1.89. The van der Waals surface area contributed by atoms with E-state index in [1.807, 2.05) is 10.7 Å². The van der Waals surface area contributed by atoms with Gasteiger partial charge in [0, 0.05) is 12.4 Å². The molecule has 2 aromatic rings. The van der Waals surface area contributed by atoms with Crippen LogP contribution in [0.5, 0.6) is 0 Å². The molecule has 0 bridgehead atoms. The molecule has 0 aromatic carbocycles. The van der Waals surface area contributed by atoms with Crippen LogP contribution in [0.4, 0.5) is 5.82 Å². The summed E-state index contributed by atoms with van der Waals surface area (Å²) in [7, 11) is 0. The van der Waals surface area contributed by atoms with Crippen molar-refractivity contribution >= 4 is 11.3 Å². The van der Waals surface area contributed by atoms with Crippen LogP contribution in [0.2, 0.25) is 0 Å². The van der Waals surface area contributed by atoms with Gasteiger partial charge >= 0.3 is 0 Å². The fraction of sp³-hybridized carbons (Fsp3) is 0.625. The van der Waals surface area contributed by atoms with Crippen molar-refractivity contribution in [2.24, 2.45) is 0 Å². The maximum atomic E-state index is 10.3. The normalized spacial score (nSPS) is 23.4. The summed E-state index contributed by atoms with van der Waals surface area (Å²) in [5.74, 6) is 1.21. The molecule has 1 aliphatic carbocycles. The van der Waals surface area contributed by atoms with E-state index in [1.165, 1.54) is 6.42 Å². The van der Waals surface area contributed by atoms with Gasteiger partial charge in [0.15, 0.2) is 5.82 Å². The summed E-state index contributed by atoms with van der Waals surface area (Å²) in [6, 6.07) is 2.17. The Bertz CT molecular complexity index is 607. The maximum Gasteiger partial charge on any atom is 0.152 e. The van der Waals surface area contributed by atoms with Gasteiger partial charge in [-0.05, 0) is 24.8 Å². The second-order valence-electron chi connectivity index (χ2n) is 6.29. The number of fused-ring (bicyclic) bond motifs is 1. The summed E-state index contributed by atoms with van der Waals surface area (Å²) < 4.78 is 1.87. The van der Waals surface area contributed by atoms with E-state index >= 15 is 0 Å². The lowest BCUT2D eigenvalue weighted by molar-refractivity contribution is 0.144. The molecule has 0 aliphatic heterocycles. The summed E-state index contributed by atoms with van der Waals surface area (Å²) in [5, 5.41) is 18.3. The van der Waals surface area contributed by atoms with Gasteiger partial charge in [-0.2, -0.15) is 5.10 Å². The lowest BCUT2D eigenvalue weighted by Gasteiger charge is -2.22. The average molecular weight is 288 g/mol. The third-order valence-corrected chi connectivity index (χ3v) is 4.30. The third kappa shape index (κ3) is 3.02. The van der Waals surface area contributed by atoms with Gasteiger partial charge in [-0.15, -0.1) is 0 Å². The van der Waals surface area contributed by atoms with Gasteiger partial charge in [0.1, 0.15) is 5.52 Å². The molecule has 2 N–H and O–H groups in total. The summed E-state index contributed by atoms with van der Waals surface area (Å²) >= 11 is 0. The van der Waals surface area contributed by atoms with E-state index in [2.05, 4.69) is 35.3 Å². The first-order valence-electron chi connectivity index (χ1n) is 7.94. The quantitative estimate of drug-likeness (QED) is 0.852. The fourth-order valence-electron chi connectivity index (χ4n) is 2.97. The van der Waals surface area contributed by atoms with Crippen LogP contribution in [0.15, 0.2) is 18.5 Å². The molecule has 2 atom stereocenters. The number of rotatable bonds is 3. The molecule has 5 heteroatoms. The first-order chi connectivity index (χ1) is 10.1. The second kappa shape index (κ2) is 6.02. The summed E-state index contributed by atoms with van der Waals surface area (Å²) in [4.78, 5) is 4.46. The van der Waals surface area contributed by atoms with Gasteiger partial charge in [0.05, 0.1) is 17.8 Å². The monoisotopic (exact) mass is 288 g/mol. The van der Waals surface area contributed by atoms with Crippen LogP contribution in [0.1, 0.15) is 57.6 Å². The largest absolute Gasteiger partial charge is 0.391 e. The zero-order valence-electron chi connectivity index (χ0n) is 12.8. The molecular weight excluding hydrogens is 264 g/mol. The summed E-state index contributed by atoms with van der Waals surface area (Å²) in [6.07, 6.45) is 8.69. The molecular formula is C16H24N4O. The van der Waals surface area contributed by atoms with Crippen LogP contribution in [-0.4, -0.2) is 31.9 Å². The SMILES string of the molecule is CC(C)c1cc2c(NC3CCCCCC3O)nccn2n1. The van der Waals surface area contributed by atoms with Crippen LogP contribution >= 0.6 is 0 Å². The molecule has 114 valence electrons. The highest BCUT2D eigenvalue weighted by molar-refractivity contribution is 5.68. The van der Waals surface area contributed by atoms with E-state index in [1.54, 1.807) is 6.20 Å². The highest BCUT2D eigenvalue weighted by Gasteiger charge is 2.22. The van der Waals surface area contributed by atoms with Crippen molar-refractivity contribution in [2.75, 3.05) is 5.32 Å². The van der Waals surface area contributed by atoms with Crippen molar-refractivity contribution in [1.29, 1.82) is 0 Å². The predicted octanol–water partition coefficient (Wildman–Crippen LogP) is 2.96. The van der Waals surface area contributed by atoms with E-state index in [-0.39, 0.29) is 12.1 Å². The van der Waals surface area contributed by atoms with Crippen LogP contribution in [-0.2, 0) is 0 Å². The van der Waals surface area contributed by atoms with Crippen molar-refractivity contribution < 1.29 is 5.11 Å². The second-order valence-corrected chi connectivity index (χ2v) is 6.29. The van der Waals surface area contributed by atoms with Gasteiger partial charge in [0.2, 0.25) is 0 Å². The van der Waals surface area contributed by atoms with Gasteiger partial charge in [-0.3, -0.25) is 0 Å². The Labute approximate surface area is 125 Å². The molecule has 2 heterocycles. The molecule has 2 unspecified atom stereocenters. The Morgan fingerprint density at radius 1 is 1.29 bits per heavy atom. The van der Waals surface area contributed by atoms with Gasteiger partial charge < -0.3 is 10.4 Å². The Morgan fingerprint density at radius 3 is 2.90 bits per heavy atom. The zero-order chi connectivity index (χ0) is 14.8. The zero-order valence-corrected chi connectivity index (χ0v) is 12.8. The summed E-state index contributed by atoms with van der Waals surface area (Å²) in [5.41, 5.74) is 2.05. The number of aliphatic hydroxyl groups excluding tert-OH is 1. The van der Waals surface area contributed by atoms with Crippen LogP contribution in [0.3, 0.4) is 0 Å². The number of hydrogen-bond acceptors (Lipinski definition) is 4. The molecule has 0 spiro atoms. The number of anilines is 1. The van der Waals surface area contributed by atoms with Crippen LogP contribution in [0.25, 0.3) is 5.52 Å². The van der Waals surface area contributed by atoms with E-state index in [9.17, 15) is 5.11 Å². The topological polar surface area (TPSA) is 62.5 Å². The number of nitrogens with zero attached hydrogens (tertiary/aromatic N) is 3. The third-order valence-electron chi connectivity index (χ3n) is 4.30. The minimum Gasteiger partial charge on any atom is -0.391 e. The molecule has 1 aliphatic rings. The van der Waals surface area contributed by atoms with Crippen molar-refractivity contribution in [1.82, 2.24) is 14.6 Å². The molecule has 0 amide bonds. The number of nitrogens with one attached hydrogen (secondary N) is 1. The van der Waals surface area contributed by atoms with Gasteiger partial charge in [-0.25, -0.2) is 9.50 Å². The van der Waals surface area contributed by atoms with Gasteiger partial charge in [-0.1, -0.05) is 33.1 Å². The highest BCUT2D eigenvalue weighted by atomic mass is 16.3. The lowest BCUT2D eigenvalue weighted by Crippen LogP contribution is -2.32. The maximum absolute atomic E-state index is 10.3. The smallest absolute Gasteiger partial charge is 0.152 e. The van der Waals surface area contributed by atoms with E-state index < -0.39 is 0 Å². The molecule has 3 rings (SSSR count). The first-order valence-corrected chi connectivity index (χ1v) is 7.94. The Morgan fingerprint density at radius 2 is 2.10 bits per heavy atom. The predicted molar refractivity (Wildman–Crippen MR) is 83.6 cm³/mol. The van der Waals surface area contributed by atoms with Crippen molar-refractivity contribution in [3.63, 3.8) is 0 Å².